The van der Waals surface area contributed by atoms with E-state index in [9.17, 15) is 0 Å². The Kier molecular flexibility index (Phi) is 5.95. The fourth-order valence-electron chi connectivity index (χ4n) is 2.92. The van der Waals surface area contributed by atoms with Crippen LogP contribution in [0.4, 0.5) is 0 Å². The van der Waals surface area contributed by atoms with Crippen LogP contribution < -0.4 is 0 Å². The van der Waals surface area contributed by atoms with Crippen molar-refractivity contribution in [3.8, 4) is 0 Å². The molecule has 0 heterocycles. The molecule has 0 bridgehead atoms. The Hall–Kier alpha value is -0.260. The van der Waals surface area contributed by atoms with E-state index in [1.807, 2.05) is 0 Å². The topological polar surface area (TPSA) is 0 Å². The highest BCUT2D eigenvalue weighted by Gasteiger charge is 2.41. The molecule has 1 saturated carbocycles. The van der Waals surface area contributed by atoms with E-state index in [4.69, 9.17) is 0 Å². The average molecular weight is 250 g/mol. The third-order valence-electron chi connectivity index (χ3n) is 5.24. The molecule has 18 heavy (non-hydrogen) atoms. The van der Waals surface area contributed by atoms with Crippen molar-refractivity contribution < 1.29 is 0 Å². The third kappa shape index (κ3) is 5.16. The summed E-state index contributed by atoms with van der Waals surface area (Å²) in [5.74, 6) is 2.53. The van der Waals surface area contributed by atoms with Crippen LogP contribution in [0.1, 0.15) is 80.1 Å². The zero-order chi connectivity index (χ0) is 13.8. The van der Waals surface area contributed by atoms with Crippen LogP contribution >= 0.6 is 0 Å². The Morgan fingerprint density at radius 3 is 2.33 bits per heavy atom. The molecule has 0 aliphatic heterocycles. The fourth-order valence-corrected chi connectivity index (χ4v) is 2.92. The summed E-state index contributed by atoms with van der Waals surface area (Å²) in [6.45, 7) is 14.3. The standard InChI is InChI=1S/C18H34/c1-7-14(2)12-16(4)13-15(3)8-9-17(5)18(6)10-11-18/h13-14,16-17H,7-12H2,1-6H3. The van der Waals surface area contributed by atoms with Crippen LogP contribution in [0.25, 0.3) is 0 Å². The van der Waals surface area contributed by atoms with Crippen LogP contribution in [-0.2, 0) is 0 Å². The SMILES string of the molecule is CCC(C)CC(C)C=C(C)CCC(C)C1(C)CC1. The minimum absolute atomic E-state index is 0.697. The molecule has 3 atom stereocenters. The van der Waals surface area contributed by atoms with E-state index >= 15 is 0 Å². The number of rotatable bonds is 8. The van der Waals surface area contributed by atoms with E-state index in [1.54, 1.807) is 5.57 Å². The van der Waals surface area contributed by atoms with Crippen LogP contribution in [0.15, 0.2) is 11.6 Å². The Morgan fingerprint density at radius 1 is 1.22 bits per heavy atom. The average Bonchev–Trinajstić information content (AvgIpc) is 3.05. The molecule has 1 fully saturated rings. The highest BCUT2D eigenvalue weighted by atomic mass is 14.5. The molecule has 0 saturated heterocycles. The molecule has 0 aromatic heterocycles. The summed E-state index contributed by atoms with van der Waals surface area (Å²) >= 11 is 0. The van der Waals surface area contributed by atoms with Gasteiger partial charge in [-0.25, -0.2) is 0 Å². The van der Waals surface area contributed by atoms with Crippen molar-refractivity contribution in [2.45, 2.75) is 80.1 Å². The van der Waals surface area contributed by atoms with Crippen LogP contribution in [0, 0.1) is 23.2 Å². The molecule has 0 radical (unpaired) electrons. The lowest BCUT2D eigenvalue weighted by Crippen LogP contribution is -2.08. The Morgan fingerprint density at radius 2 is 1.83 bits per heavy atom. The molecule has 1 aliphatic rings. The summed E-state index contributed by atoms with van der Waals surface area (Å²) in [7, 11) is 0. The number of hydrogen-bond acceptors (Lipinski definition) is 0. The molecular weight excluding hydrogens is 216 g/mol. The zero-order valence-electron chi connectivity index (χ0n) is 13.6. The fraction of sp³-hybridized carbons (Fsp3) is 0.889. The van der Waals surface area contributed by atoms with E-state index in [-0.39, 0.29) is 0 Å². The van der Waals surface area contributed by atoms with Gasteiger partial charge >= 0.3 is 0 Å². The second-order valence-electron chi connectivity index (χ2n) is 7.33. The predicted octanol–water partition coefficient (Wildman–Crippen LogP) is 6.22. The minimum atomic E-state index is 0.697. The highest BCUT2D eigenvalue weighted by molar-refractivity contribution is 5.02. The lowest BCUT2D eigenvalue weighted by Gasteiger charge is -2.19. The predicted molar refractivity (Wildman–Crippen MR) is 82.7 cm³/mol. The lowest BCUT2D eigenvalue weighted by molar-refractivity contribution is 0.342. The summed E-state index contributed by atoms with van der Waals surface area (Å²) in [5, 5.41) is 0. The Labute approximate surface area is 115 Å². The molecule has 1 rings (SSSR count). The van der Waals surface area contributed by atoms with E-state index in [0.29, 0.717) is 5.41 Å². The van der Waals surface area contributed by atoms with Crippen molar-refractivity contribution in [2.75, 3.05) is 0 Å². The Balaban J connectivity index is 2.28. The zero-order valence-corrected chi connectivity index (χ0v) is 13.6. The van der Waals surface area contributed by atoms with Crippen LogP contribution in [0.5, 0.6) is 0 Å². The van der Waals surface area contributed by atoms with Gasteiger partial charge in [0.25, 0.3) is 0 Å². The molecular formula is C18H34. The van der Waals surface area contributed by atoms with Gasteiger partial charge in [-0.15, -0.1) is 0 Å². The maximum absolute atomic E-state index is 2.52. The Bertz CT molecular complexity index is 270. The summed E-state index contributed by atoms with van der Waals surface area (Å²) in [6.07, 6.45) is 10.8. The van der Waals surface area contributed by atoms with E-state index in [1.165, 1.54) is 38.5 Å². The van der Waals surface area contributed by atoms with Gasteiger partial charge in [0.05, 0.1) is 0 Å². The molecule has 106 valence electrons. The van der Waals surface area contributed by atoms with Crippen molar-refractivity contribution in [2.24, 2.45) is 23.2 Å². The summed E-state index contributed by atoms with van der Waals surface area (Å²) in [4.78, 5) is 0. The van der Waals surface area contributed by atoms with Gasteiger partial charge in [0.2, 0.25) is 0 Å². The molecule has 0 aromatic carbocycles. The molecule has 0 N–H and O–H groups in total. The summed E-state index contributed by atoms with van der Waals surface area (Å²) in [6, 6.07) is 0. The normalized spacial score (nSPS) is 23.6. The van der Waals surface area contributed by atoms with Crippen molar-refractivity contribution in [3.05, 3.63) is 11.6 Å². The molecule has 3 unspecified atom stereocenters. The van der Waals surface area contributed by atoms with E-state index in [0.717, 1.165) is 17.8 Å². The number of allylic oxidation sites excluding steroid dienone is 2. The minimum Gasteiger partial charge on any atom is -0.0828 e. The van der Waals surface area contributed by atoms with Crippen molar-refractivity contribution in [3.63, 3.8) is 0 Å². The second kappa shape index (κ2) is 6.78. The molecule has 0 heteroatoms. The van der Waals surface area contributed by atoms with Gasteiger partial charge in [-0.2, -0.15) is 0 Å². The first-order valence-electron chi connectivity index (χ1n) is 8.04. The number of hydrogen-bond donors (Lipinski definition) is 0. The van der Waals surface area contributed by atoms with Gasteiger partial charge in [-0.1, -0.05) is 52.7 Å². The monoisotopic (exact) mass is 250 g/mol. The van der Waals surface area contributed by atoms with Gasteiger partial charge in [0.1, 0.15) is 0 Å². The maximum Gasteiger partial charge on any atom is -0.0257 e. The first-order valence-corrected chi connectivity index (χ1v) is 8.04. The smallest absolute Gasteiger partial charge is 0.0257 e. The van der Waals surface area contributed by atoms with Crippen LogP contribution in [0.3, 0.4) is 0 Å². The van der Waals surface area contributed by atoms with Gasteiger partial charge in [-0.3, -0.25) is 0 Å². The second-order valence-corrected chi connectivity index (χ2v) is 7.33. The molecule has 1 aliphatic carbocycles. The van der Waals surface area contributed by atoms with Gasteiger partial charge in [-0.05, 0) is 62.2 Å². The first-order chi connectivity index (χ1) is 8.37. The quantitative estimate of drug-likeness (QED) is 0.448. The molecule has 0 amide bonds. The third-order valence-corrected chi connectivity index (χ3v) is 5.24. The lowest BCUT2D eigenvalue weighted by atomic mass is 9.86. The van der Waals surface area contributed by atoms with Crippen molar-refractivity contribution in [1.29, 1.82) is 0 Å². The van der Waals surface area contributed by atoms with E-state index < -0.39 is 0 Å². The van der Waals surface area contributed by atoms with Crippen LogP contribution in [0.2, 0.25) is 0 Å². The maximum atomic E-state index is 2.52. The molecule has 0 spiro atoms. The van der Waals surface area contributed by atoms with Gasteiger partial charge in [0.15, 0.2) is 0 Å². The van der Waals surface area contributed by atoms with Crippen molar-refractivity contribution in [1.82, 2.24) is 0 Å². The molecule has 0 nitrogen and oxygen atoms in total. The van der Waals surface area contributed by atoms with Crippen molar-refractivity contribution >= 4 is 0 Å². The summed E-state index contributed by atoms with van der Waals surface area (Å²) in [5.41, 5.74) is 2.31. The molecule has 0 aromatic rings. The van der Waals surface area contributed by atoms with Gasteiger partial charge < -0.3 is 0 Å². The summed E-state index contributed by atoms with van der Waals surface area (Å²) < 4.78 is 0. The van der Waals surface area contributed by atoms with E-state index in [2.05, 4.69) is 47.6 Å². The first kappa shape index (κ1) is 15.8. The van der Waals surface area contributed by atoms with Crippen LogP contribution in [-0.4, -0.2) is 0 Å². The highest BCUT2D eigenvalue weighted by Crippen LogP contribution is 2.52. The van der Waals surface area contributed by atoms with Gasteiger partial charge in [0, 0.05) is 0 Å². The largest absolute Gasteiger partial charge is 0.0828 e.